The van der Waals surface area contributed by atoms with E-state index in [1.165, 1.54) is 13.2 Å². The maximum atomic E-state index is 12.8. The topological polar surface area (TPSA) is 94.4 Å². The number of aromatic nitrogens is 1. The molecule has 128 valence electrons. The lowest BCUT2D eigenvalue weighted by Crippen LogP contribution is -2.25. The number of aromatic amines is 1. The van der Waals surface area contributed by atoms with Crippen LogP contribution in [0.5, 0.6) is 11.5 Å². The molecule has 0 aliphatic heterocycles. The van der Waals surface area contributed by atoms with Crippen LogP contribution in [-0.2, 0) is 0 Å². The number of carbonyl (C=O) groups excluding carboxylic acids is 2. The predicted molar refractivity (Wildman–Crippen MR) is 94.2 cm³/mol. The van der Waals surface area contributed by atoms with Gasteiger partial charge in [0.1, 0.15) is 11.5 Å². The van der Waals surface area contributed by atoms with Crippen molar-refractivity contribution in [1.29, 1.82) is 0 Å². The number of fused-ring (bicyclic) bond motifs is 1. The third-order valence-electron chi connectivity index (χ3n) is 3.98. The molecule has 0 aliphatic rings. The van der Waals surface area contributed by atoms with Crippen molar-refractivity contribution in [2.75, 3.05) is 7.11 Å². The number of nitrogens with one attached hydrogen (secondary N) is 1. The number of hydrogen-bond acceptors (Lipinski definition) is 4. The molecule has 1 atom stereocenters. The van der Waals surface area contributed by atoms with Crippen LogP contribution in [0.2, 0.25) is 0 Å². The summed E-state index contributed by atoms with van der Waals surface area (Å²) < 4.78 is 10.9. The van der Waals surface area contributed by atoms with Crippen molar-refractivity contribution in [3.05, 3.63) is 59.8 Å². The number of rotatable bonds is 6. The molecule has 0 bridgehead atoms. The van der Waals surface area contributed by atoms with Crippen molar-refractivity contribution in [3.8, 4) is 11.5 Å². The fraction of sp³-hybridized carbons (Fsp3) is 0.158. The molecule has 0 aliphatic carbocycles. The van der Waals surface area contributed by atoms with Crippen LogP contribution in [0.3, 0.4) is 0 Å². The van der Waals surface area contributed by atoms with E-state index in [1.807, 2.05) is 24.3 Å². The van der Waals surface area contributed by atoms with Crippen LogP contribution in [0.4, 0.5) is 0 Å². The summed E-state index contributed by atoms with van der Waals surface area (Å²) in [5, 5.41) is 0.823. The van der Waals surface area contributed by atoms with Crippen LogP contribution in [0.25, 0.3) is 10.9 Å². The molecule has 3 N–H and O–H groups in total. The quantitative estimate of drug-likeness (QED) is 0.676. The fourth-order valence-electron chi connectivity index (χ4n) is 2.67. The zero-order chi connectivity index (χ0) is 18.0. The van der Waals surface area contributed by atoms with Crippen LogP contribution < -0.4 is 15.2 Å². The predicted octanol–water partition coefficient (Wildman–Crippen LogP) is 2.93. The summed E-state index contributed by atoms with van der Waals surface area (Å²) >= 11 is 0. The SMILES string of the molecule is COc1ccc(C(N)=O)c(O[C@H](C)C(=O)c2c[nH]c3ccccc23)c1. The van der Waals surface area contributed by atoms with E-state index < -0.39 is 12.0 Å². The van der Waals surface area contributed by atoms with Gasteiger partial charge >= 0.3 is 0 Å². The van der Waals surface area contributed by atoms with Crippen molar-refractivity contribution >= 4 is 22.6 Å². The lowest BCUT2D eigenvalue weighted by atomic mass is 10.1. The first-order valence-corrected chi connectivity index (χ1v) is 7.76. The molecular formula is C19H18N2O4. The minimum atomic E-state index is -0.801. The number of ether oxygens (including phenoxy) is 2. The smallest absolute Gasteiger partial charge is 0.252 e. The minimum absolute atomic E-state index is 0.194. The molecule has 0 radical (unpaired) electrons. The zero-order valence-electron chi connectivity index (χ0n) is 13.9. The molecule has 3 rings (SSSR count). The Morgan fingerprint density at radius 1 is 1.12 bits per heavy atom. The van der Waals surface area contributed by atoms with Gasteiger partial charge < -0.3 is 20.2 Å². The van der Waals surface area contributed by atoms with Crippen LogP contribution in [0.15, 0.2) is 48.7 Å². The van der Waals surface area contributed by atoms with Gasteiger partial charge in [-0.25, -0.2) is 0 Å². The minimum Gasteiger partial charge on any atom is -0.497 e. The molecule has 0 fully saturated rings. The number of ketones is 1. The van der Waals surface area contributed by atoms with Crippen LogP contribution in [0.1, 0.15) is 27.6 Å². The van der Waals surface area contributed by atoms with Gasteiger partial charge in [-0.15, -0.1) is 0 Å². The number of carbonyl (C=O) groups is 2. The van der Waals surface area contributed by atoms with Gasteiger partial charge in [0, 0.05) is 28.7 Å². The second-order valence-electron chi connectivity index (χ2n) is 5.60. The van der Waals surface area contributed by atoms with Gasteiger partial charge in [-0.05, 0) is 25.1 Å². The molecule has 3 aromatic rings. The number of H-pyrrole nitrogens is 1. The molecule has 2 aromatic carbocycles. The van der Waals surface area contributed by atoms with E-state index in [-0.39, 0.29) is 17.1 Å². The highest BCUT2D eigenvalue weighted by atomic mass is 16.5. The van der Waals surface area contributed by atoms with Crippen molar-refractivity contribution < 1.29 is 19.1 Å². The normalized spacial score (nSPS) is 11.9. The molecule has 0 saturated heterocycles. The van der Waals surface area contributed by atoms with Gasteiger partial charge in [0.05, 0.1) is 12.7 Å². The van der Waals surface area contributed by atoms with Crippen LogP contribution >= 0.6 is 0 Å². The van der Waals surface area contributed by atoms with Gasteiger partial charge in [-0.1, -0.05) is 18.2 Å². The lowest BCUT2D eigenvalue weighted by molar-refractivity contribution is 0.0812. The molecular weight excluding hydrogens is 320 g/mol. The average Bonchev–Trinajstić information content (AvgIpc) is 3.04. The Hall–Kier alpha value is -3.28. The molecule has 1 amide bonds. The fourth-order valence-corrected chi connectivity index (χ4v) is 2.67. The Labute approximate surface area is 144 Å². The van der Waals surface area contributed by atoms with E-state index in [1.54, 1.807) is 25.3 Å². The Kier molecular flexibility index (Phi) is 4.43. The maximum Gasteiger partial charge on any atom is 0.252 e. The standard InChI is InChI=1S/C19H18N2O4/c1-11(18(22)15-10-21-16-6-4-3-5-13(15)16)25-17-9-12(24-2)7-8-14(17)19(20)23/h3-11,21H,1-2H3,(H2,20,23)/t11-/m1/s1. The molecule has 6 heteroatoms. The van der Waals surface area contributed by atoms with Crippen molar-refractivity contribution in [2.45, 2.75) is 13.0 Å². The maximum absolute atomic E-state index is 12.8. The van der Waals surface area contributed by atoms with Crippen molar-refractivity contribution in [3.63, 3.8) is 0 Å². The molecule has 0 saturated carbocycles. The average molecular weight is 338 g/mol. The summed E-state index contributed by atoms with van der Waals surface area (Å²) in [4.78, 5) is 27.4. The van der Waals surface area contributed by atoms with E-state index in [2.05, 4.69) is 4.98 Å². The lowest BCUT2D eigenvalue weighted by Gasteiger charge is -2.16. The number of nitrogens with two attached hydrogens (primary N) is 1. The van der Waals surface area contributed by atoms with E-state index in [0.29, 0.717) is 11.3 Å². The Morgan fingerprint density at radius 3 is 2.60 bits per heavy atom. The number of primary amides is 1. The largest absolute Gasteiger partial charge is 0.497 e. The molecule has 0 spiro atoms. The molecule has 1 aromatic heterocycles. The highest BCUT2D eigenvalue weighted by molar-refractivity contribution is 6.10. The zero-order valence-corrected chi connectivity index (χ0v) is 13.9. The van der Waals surface area contributed by atoms with Gasteiger partial charge in [0.15, 0.2) is 6.10 Å². The van der Waals surface area contributed by atoms with Crippen molar-refractivity contribution in [2.24, 2.45) is 5.73 Å². The number of methoxy groups -OCH3 is 1. The molecule has 0 unspecified atom stereocenters. The number of hydrogen-bond donors (Lipinski definition) is 2. The number of para-hydroxylation sites is 1. The summed E-state index contributed by atoms with van der Waals surface area (Å²) in [7, 11) is 1.50. The van der Waals surface area contributed by atoms with Crippen molar-refractivity contribution in [1.82, 2.24) is 4.98 Å². The third-order valence-corrected chi connectivity index (χ3v) is 3.98. The second-order valence-corrected chi connectivity index (χ2v) is 5.60. The Balaban J connectivity index is 1.90. The molecule has 25 heavy (non-hydrogen) atoms. The summed E-state index contributed by atoms with van der Waals surface area (Å²) in [6.45, 7) is 1.63. The van der Waals surface area contributed by atoms with Gasteiger partial charge in [-0.2, -0.15) is 0 Å². The van der Waals surface area contributed by atoms with E-state index in [0.717, 1.165) is 10.9 Å². The van der Waals surface area contributed by atoms with Gasteiger partial charge in [-0.3, -0.25) is 9.59 Å². The monoisotopic (exact) mass is 338 g/mol. The number of Topliss-reactive ketones (excluding diaryl/α,β-unsaturated/α-hetero) is 1. The Morgan fingerprint density at radius 2 is 1.88 bits per heavy atom. The Bertz CT molecular complexity index is 946. The second kappa shape index (κ2) is 6.68. The van der Waals surface area contributed by atoms with E-state index in [4.69, 9.17) is 15.2 Å². The molecule has 6 nitrogen and oxygen atoms in total. The van der Waals surface area contributed by atoms with Gasteiger partial charge in [0.25, 0.3) is 5.91 Å². The first-order valence-electron chi connectivity index (χ1n) is 7.76. The summed E-state index contributed by atoms with van der Waals surface area (Å²) in [6, 6.07) is 12.2. The van der Waals surface area contributed by atoms with Crippen LogP contribution in [-0.4, -0.2) is 29.9 Å². The summed E-state index contributed by atoms with van der Waals surface area (Å²) in [6.07, 6.45) is 0.859. The highest BCUT2D eigenvalue weighted by Gasteiger charge is 2.22. The van der Waals surface area contributed by atoms with Gasteiger partial charge in [0.2, 0.25) is 5.78 Å². The summed E-state index contributed by atoms with van der Waals surface area (Å²) in [5.74, 6) is -0.112. The van der Waals surface area contributed by atoms with Crippen LogP contribution in [0, 0.1) is 0 Å². The highest BCUT2D eigenvalue weighted by Crippen LogP contribution is 2.27. The van der Waals surface area contributed by atoms with E-state index >= 15 is 0 Å². The van der Waals surface area contributed by atoms with E-state index in [9.17, 15) is 9.59 Å². The summed E-state index contributed by atoms with van der Waals surface area (Å²) in [5.41, 5.74) is 6.98. The first-order chi connectivity index (χ1) is 12.0. The number of amides is 1. The number of benzene rings is 2. The third kappa shape index (κ3) is 3.19. The molecule has 1 heterocycles. The first kappa shape index (κ1) is 16.6.